The highest BCUT2D eigenvalue weighted by atomic mass is 16.4. The van der Waals surface area contributed by atoms with E-state index in [9.17, 15) is 9.90 Å². The molecule has 0 radical (unpaired) electrons. The van der Waals surface area contributed by atoms with Crippen LogP contribution in [0.25, 0.3) is 22.0 Å². The number of pyridine rings is 1. The fourth-order valence-corrected chi connectivity index (χ4v) is 3.48. The van der Waals surface area contributed by atoms with Crippen molar-refractivity contribution in [2.24, 2.45) is 0 Å². The van der Waals surface area contributed by atoms with Crippen molar-refractivity contribution >= 4 is 22.7 Å². The fraction of sp³-hybridized carbons (Fsp3) is 0.238. The van der Waals surface area contributed by atoms with Gasteiger partial charge in [-0.05, 0) is 49.1 Å². The molecule has 1 saturated heterocycles. The normalized spacial score (nSPS) is 14.6. The van der Waals surface area contributed by atoms with Crippen LogP contribution in [0.4, 0.5) is 5.82 Å². The number of nitrogens with zero attached hydrogens (tertiary/aromatic N) is 2. The molecule has 2 aromatic carbocycles. The van der Waals surface area contributed by atoms with Crippen molar-refractivity contribution in [3.05, 3.63) is 60.2 Å². The van der Waals surface area contributed by atoms with Gasteiger partial charge in [0.2, 0.25) is 0 Å². The first-order valence-corrected chi connectivity index (χ1v) is 8.71. The summed E-state index contributed by atoms with van der Waals surface area (Å²) < 4.78 is 0. The monoisotopic (exact) mass is 332 g/mol. The van der Waals surface area contributed by atoms with Crippen LogP contribution in [0.15, 0.2) is 54.6 Å². The molecule has 1 N–H and O–H groups in total. The van der Waals surface area contributed by atoms with Gasteiger partial charge in [0.05, 0.1) is 11.1 Å². The van der Waals surface area contributed by atoms with Gasteiger partial charge in [-0.2, -0.15) is 0 Å². The molecule has 0 unspecified atom stereocenters. The lowest BCUT2D eigenvalue weighted by Crippen LogP contribution is -2.30. The third-order valence-electron chi connectivity index (χ3n) is 4.78. The van der Waals surface area contributed by atoms with Gasteiger partial charge >= 0.3 is 5.97 Å². The van der Waals surface area contributed by atoms with Crippen molar-refractivity contribution in [1.82, 2.24) is 4.98 Å². The Morgan fingerprint density at radius 2 is 1.72 bits per heavy atom. The van der Waals surface area contributed by atoms with Gasteiger partial charge in [0, 0.05) is 24.0 Å². The number of aromatic carboxylic acids is 1. The molecule has 0 spiro atoms. The van der Waals surface area contributed by atoms with Crippen LogP contribution in [0, 0.1) is 0 Å². The van der Waals surface area contributed by atoms with Crippen molar-refractivity contribution in [1.29, 1.82) is 0 Å². The average Bonchev–Trinajstić information content (AvgIpc) is 2.68. The van der Waals surface area contributed by atoms with Crippen LogP contribution in [-0.4, -0.2) is 29.1 Å². The van der Waals surface area contributed by atoms with E-state index in [2.05, 4.69) is 23.1 Å². The molecule has 25 heavy (non-hydrogen) atoms. The molecule has 1 aliphatic rings. The van der Waals surface area contributed by atoms with Crippen LogP contribution in [0.1, 0.15) is 29.6 Å². The smallest absolute Gasteiger partial charge is 0.335 e. The highest BCUT2D eigenvalue weighted by Crippen LogP contribution is 2.34. The number of fused-ring (bicyclic) bond motifs is 1. The Morgan fingerprint density at radius 1 is 0.960 bits per heavy atom. The molecular formula is C21H20N2O2. The molecular weight excluding hydrogens is 312 g/mol. The second-order valence-electron chi connectivity index (χ2n) is 6.49. The summed E-state index contributed by atoms with van der Waals surface area (Å²) in [4.78, 5) is 18.6. The molecule has 0 atom stereocenters. The number of hydrogen-bond acceptors (Lipinski definition) is 3. The van der Waals surface area contributed by atoms with Crippen molar-refractivity contribution in [2.45, 2.75) is 19.3 Å². The van der Waals surface area contributed by atoms with E-state index in [1.165, 1.54) is 19.3 Å². The number of aromatic nitrogens is 1. The maximum Gasteiger partial charge on any atom is 0.335 e. The largest absolute Gasteiger partial charge is 0.478 e. The first-order valence-electron chi connectivity index (χ1n) is 8.71. The zero-order chi connectivity index (χ0) is 17.2. The van der Waals surface area contributed by atoms with E-state index in [1.807, 2.05) is 18.2 Å². The Labute approximate surface area is 146 Å². The number of anilines is 1. The van der Waals surface area contributed by atoms with E-state index in [-0.39, 0.29) is 0 Å². The molecule has 0 saturated carbocycles. The topological polar surface area (TPSA) is 53.4 Å². The molecule has 1 aromatic heterocycles. The van der Waals surface area contributed by atoms with Crippen molar-refractivity contribution in [3.63, 3.8) is 0 Å². The fourth-order valence-electron chi connectivity index (χ4n) is 3.48. The quantitative estimate of drug-likeness (QED) is 0.762. The van der Waals surface area contributed by atoms with Crippen molar-refractivity contribution in [3.8, 4) is 11.1 Å². The van der Waals surface area contributed by atoms with E-state index in [4.69, 9.17) is 4.98 Å². The van der Waals surface area contributed by atoms with E-state index >= 15 is 0 Å². The lowest BCUT2D eigenvalue weighted by molar-refractivity contribution is 0.0697. The van der Waals surface area contributed by atoms with E-state index in [1.54, 1.807) is 18.2 Å². The summed E-state index contributed by atoms with van der Waals surface area (Å²) in [5.41, 5.74) is 3.31. The van der Waals surface area contributed by atoms with Gasteiger partial charge in [-0.25, -0.2) is 9.78 Å². The van der Waals surface area contributed by atoms with Gasteiger partial charge in [0.25, 0.3) is 0 Å². The van der Waals surface area contributed by atoms with Crippen LogP contribution < -0.4 is 4.90 Å². The molecule has 0 bridgehead atoms. The molecule has 126 valence electrons. The number of piperidine rings is 1. The van der Waals surface area contributed by atoms with Crippen LogP contribution in [0.5, 0.6) is 0 Å². The van der Waals surface area contributed by atoms with Crippen LogP contribution in [-0.2, 0) is 0 Å². The lowest BCUT2D eigenvalue weighted by Gasteiger charge is -2.30. The Bertz CT molecular complexity index is 916. The Kier molecular flexibility index (Phi) is 4.10. The van der Waals surface area contributed by atoms with Gasteiger partial charge in [-0.1, -0.05) is 30.3 Å². The van der Waals surface area contributed by atoms with Gasteiger partial charge in [0.15, 0.2) is 0 Å². The molecule has 0 aliphatic carbocycles. The Balaban J connectivity index is 1.91. The molecule has 3 aromatic rings. The molecule has 1 fully saturated rings. The second-order valence-corrected chi connectivity index (χ2v) is 6.49. The van der Waals surface area contributed by atoms with Crippen molar-refractivity contribution < 1.29 is 9.90 Å². The van der Waals surface area contributed by atoms with Gasteiger partial charge in [-0.15, -0.1) is 0 Å². The van der Waals surface area contributed by atoms with E-state index < -0.39 is 5.97 Å². The van der Waals surface area contributed by atoms with Crippen LogP contribution >= 0.6 is 0 Å². The third kappa shape index (κ3) is 3.07. The molecule has 4 nitrogen and oxygen atoms in total. The molecule has 0 amide bonds. The van der Waals surface area contributed by atoms with Gasteiger partial charge < -0.3 is 10.0 Å². The number of carboxylic acid groups (broad SMARTS) is 1. The molecule has 2 heterocycles. The molecule has 4 rings (SSSR count). The first-order chi connectivity index (χ1) is 12.2. The van der Waals surface area contributed by atoms with E-state index in [0.29, 0.717) is 5.56 Å². The number of carbonyl (C=O) groups is 1. The minimum absolute atomic E-state index is 0.291. The summed E-state index contributed by atoms with van der Waals surface area (Å²) >= 11 is 0. The number of rotatable bonds is 3. The minimum Gasteiger partial charge on any atom is -0.478 e. The predicted octanol–water partition coefficient (Wildman–Crippen LogP) is 4.59. The maximum atomic E-state index is 11.3. The Hall–Kier alpha value is -2.88. The van der Waals surface area contributed by atoms with Crippen molar-refractivity contribution in [2.75, 3.05) is 18.0 Å². The highest BCUT2D eigenvalue weighted by molar-refractivity contribution is 5.96. The number of carboxylic acids is 1. The van der Waals surface area contributed by atoms with Gasteiger partial charge in [0.1, 0.15) is 5.82 Å². The van der Waals surface area contributed by atoms with Crippen LogP contribution in [0.3, 0.4) is 0 Å². The molecule has 1 aliphatic heterocycles. The Morgan fingerprint density at radius 3 is 2.44 bits per heavy atom. The summed E-state index contributed by atoms with van der Waals surface area (Å²) in [5.74, 6) is 0.0877. The SMILES string of the molecule is O=C(O)c1ccc2nc(N3CCCCC3)c(-c3ccccc3)cc2c1. The summed E-state index contributed by atoms with van der Waals surface area (Å²) in [6.07, 6.45) is 3.64. The van der Waals surface area contributed by atoms with Gasteiger partial charge in [-0.3, -0.25) is 0 Å². The third-order valence-corrected chi connectivity index (χ3v) is 4.78. The van der Waals surface area contributed by atoms with Crippen LogP contribution in [0.2, 0.25) is 0 Å². The first kappa shape index (κ1) is 15.6. The average molecular weight is 332 g/mol. The zero-order valence-electron chi connectivity index (χ0n) is 14.0. The number of benzene rings is 2. The standard InChI is InChI=1S/C21H20N2O2/c24-21(25)16-9-10-19-17(13-16)14-18(15-7-3-1-4-8-15)20(22-19)23-11-5-2-6-12-23/h1,3-4,7-10,13-14H,2,5-6,11-12H2,(H,24,25). The minimum atomic E-state index is -0.914. The predicted molar refractivity (Wildman–Crippen MR) is 100 cm³/mol. The summed E-state index contributed by atoms with van der Waals surface area (Å²) in [7, 11) is 0. The summed E-state index contributed by atoms with van der Waals surface area (Å²) in [6, 6.07) is 17.4. The second kappa shape index (κ2) is 6.55. The zero-order valence-corrected chi connectivity index (χ0v) is 14.0. The molecule has 4 heteroatoms. The lowest BCUT2D eigenvalue weighted by atomic mass is 10.0. The van der Waals surface area contributed by atoms with E-state index in [0.717, 1.165) is 40.9 Å². The number of hydrogen-bond donors (Lipinski definition) is 1. The maximum absolute atomic E-state index is 11.3. The highest BCUT2D eigenvalue weighted by Gasteiger charge is 2.18. The summed E-state index contributed by atoms with van der Waals surface area (Å²) in [6.45, 7) is 2.04. The summed E-state index contributed by atoms with van der Waals surface area (Å²) in [5, 5.41) is 10.1.